The van der Waals surface area contributed by atoms with Crippen molar-refractivity contribution in [2.45, 2.75) is 19.8 Å². The van der Waals surface area contributed by atoms with Crippen molar-refractivity contribution in [3.63, 3.8) is 0 Å². The number of rotatable bonds is 7. The maximum atomic E-state index is 5.68. The van der Waals surface area contributed by atoms with Gasteiger partial charge in [-0.1, -0.05) is 25.5 Å². The molecule has 0 spiro atoms. The highest BCUT2D eigenvalue weighted by Crippen LogP contribution is 2.27. The van der Waals surface area contributed by atoms with Crippen LogP contribution in [0.1, 0.15) is 19.8 Å². The summed E-state index contributed by atoms with van der Waals surface area (Å²) in [6.45, 7) is 4.82. The first kappa shape index (κ1) is 15.2. The third-order valence-corrected chi connectivity index (χ3v) is 3.38. The molecule has 0 aliphatic rings. The van der Waals surface area contributed by atoms with E-state index in [1.54, 1.807) is 0 Å². The van der Waals surface area contributed by atoms with E-state index in [4.69, 9.17) is 4.74 Å². The Kier molecular flexibility index (Phi) is 7.01. The molecule has 0 saturated carbocycles. The van der Waals surface area contributed by atoms with Crippen LogP contribution in [0.3, 0.4) is 0 Å². The Morgan fingerprint density at radius 3 is 2.94 bits per heavy atom. The van der Waals surface area contributed by atoms with Crippen molar-refractivity contribution in [2.24, 2.45) is 0 Å². The molecule has 0 bridgehead atoms. The maximum Gasteiger partial charge on any atom is 0.233 e. The van der Waals surface area contributed by atoms with E-state index >= 15 is 0 Å². The van der Waals surface area contributed by atoms with E-state index in [1.165, 1.54) is 29.1 Å². The molecule has 100 valence electrons. The van der Waals surface area contributed by atoms with E-state index in [0.717, 1.165) is 24.4 Å². The average molecular weight is 287 g/mol. The lowest BCUT2D eigenvalue weighted by atomic mass is 10.3. The minimum atomic E-state index is 0. The second-order valence-electron chi connectivity index (χ2n) is 3.94. The fraction of sp³-hybridized carbons (Fsp3) is 0.462. The third kappa shape index (κ3) is 4.12. The largest absolute Gasteiger partial charge is 0.475 e. The van der Waals surface area contributed by atoms with Crippen LogP contribution in [0.2, 0.25) is 0 Å². The number of unbranched alkanes of at least 4 members (excludes halogenated alkanes) is 1. The molecule has 18 heavy (non-hydrogen) atoms. The van der Waals surface area contributed by atoms with Gasteiger partial charge in [0.25, 0.3) is 0 Å². The van der Waals surface area contributed by atoms with Gasteiger partial charge < -0.3 is 10.1 Å². The Morgan fingerprint density at radius 1 is 1.28 bits per heavy atom. The molecule has 0 aliphatic carbocycles. The first-order chi connectivity index (χ1) is 8.42. The molecule has 0 aliphatic heterocycles. The molecule has 0 atom stereocenters. The highest BCUT2D eigenvalue weighted by atomic mass is 35.5. The van der Waals surface area contributed by atoms with Gasteiger partial charge in [0.05, 0.1) is 10.1 Å². The molecule has 1 heterocycles. The topological polar surface area (TPSA) is 34.1 Å². The Labute approximate surface area is 118 Å². The summed E-state index contributed by atoms with van der Waals surface area (Å²) >= 11 is 1.49. The Bertz CT molecular complexity index is 461. The molecule has 1 aromatic heterocycles. The lowest BCUT2D eigenvalue weighted by Crippen LogP contribution is -2.22. The monoisotopic (exact) mass is 286 g/mol. The summed E-state index contributed by atoms with van der Waals surface area (Å²) < 4.78 is 11.2. The van der Waals surface area contributed by atoms with Gasteiger partial charge in [-0.25, -0.2) is 0 Å². The summed E-state index contributed by atoms with van der Waals surface area (Å²) in [5.41, 5.74) is 0. The minimum absolute atomic E-state index is 0. The van der Waals surface area contributed by atoms with Crippen molar-refractivity contribution < 1.29 is 4.74 Å². The first-order valence-corrected chi connectivity index (χ1v) is 6.87. The molecular formula is C13H19ClN2OS. The SMILES string of the molecule is CCCCNCCOc1nsc2ccccc12.Cl. The van der Waals surface area contributed by atoms with Crippen LogP contribution in [0.5, 0.6) is 5.88 Å². The summed E-state index contributed by atoms with van der Waals surface area (Å²) in [6.07, 6.45) is 2.45. The normalized spacial score (nSPS) is 10.3. The summed E-state index contributed by atoms with van der Waals surface area (Å²) in [7, 11) is 0. The van der Waals surface area contributed by atoms with Gasteiger partial charge in [-0.3, -0.25) is 0 Å². The summed E-state index contributed by atoms with van der Waals surface area (Å²) in [5, 5.41) is 4.46. The Balaban J connectivity index is 0.00000162. The van der Waals surface area contributed by atoms with E-state index in [1.807, 2.05) is 12.1 Å². The van der Waals surface area contributed by atoms with Crippen LogP contribution in [0.25, 0.3) is 10.1 Å². The predicted molar refractivity (Wildman–Crippen MR) is 80.1 cm³/mol. The zero-order valence-corrected chi connectivity index (χ0v) is 12.1. The van der Waals surface area contributed by atoms with Crippen LogP contribution in [0.15, 0.2) is 24.3 Å². The van der Waals surface area contributed by atoms with E-state index in [9.17, 15) is 0 Å². The highest BCUT2D eigenvalue weighted by Gasteiger charge is 2.05. The summed E-state index contributed by atoms with van der Waals surface area (Å²) in [5.74, 6) is 0.767. The lowest BCUT2D eigenvalue weighted by molar-refractivity contribution is 0.309. The van der Waals surface area contributed by atoms with E-state index < -0.39 is 0 Å². The first-order valence-electron chi connectivity index (χ1n) is 6.09. The molecule has 2 rings (SSSR count). The fourth-order valence-electron chi connectivity index (χ4n) is 1.61. The minimum Gasteiger partial charge on any atom is -0.475 e. The van der Waals surface area contributed by atoms with Gasteiger partial charge in [0.1, 0.15) is 6.61 Å². The van der Waals surface area contributed by atoms with Crippen LogP contribution < -0.4 is 10.1 Å². The second-order valence-corrected chi connectivity index (χ2v) is 4.74. The van der Waals surface area contributed by atoms with Crippen molar-refractivity contribution in [1.29, 1.82) is 0 Å². The number of nitrogens with zero attached hydrogens (tertiary/aromatic N) is 1. The third-order valence-electron chi connectivity index (χ3n) is 2.57. The van der Waals surface area contributed by atoms with Crippen molar-refractivity contribution in [3.05, 3.63) is 24.3 Å². The van der Waals surface area contributed by atoms with Crippen molar-refractivity contribution in [1.82, 2.24) is 9.69 Å². The second kappa shape index (κ2) is 8.29. The highest BCUT2D eigenvalue weighted by molar-refractivity contribution is 7.13. The van der Waals surface area contributed by atoms with Gasteiger partial charge in [-0.15, -0.1) is 12.4 Å². The molecule has 0 amide bonds. The van der Waals surface area contributed by atoms with Crippen LogP contribution in [-0.2, 0) is 0 Å². The molecular weight excluding hydrogens is 268 g/mol. The standard InChI is InChI=1S/C13H18N2OS.ClH/c1-2-3-8-14-9-10-16-13-11-6-4-5-7-12(11)17-15-13;/h4-7,14H,2-3,8-10H2,1H3;1H. The van der Waals surface area contributed by atoms with Crippen molar-refractivity contribution in [3.8, 4) is 5.88 Å². The molecule has 0 saturated heterocycles. The molecule has 0 fully saturated rings. The number of aromatic nitrogens is 1. The van der Waals surface area contributed by atoms with Gasteiger partial charge in [-0.2, -0.15) is 4.37 Å². The lowest BCUT2D eigenvalue weighted by Gasteiger charge is -2.05. The number of hydrogen-bond donors (Lipinski definition) is 1. The molecule has 1 N–H and O–H groups in total. The number of ether oxygens (including phenoxy) is 1. The molecule has 0 radical (unpaired) electrons. The molecule has 1 aromatic carbocycles. The number of benzene rings is 1. The Morgan fingerprint density at radius 2 is 2.11 bits per heavy atom. The molecule has 3 nitrogen and oxygen atoms in total. The number of fused-ring (bicyclic) bond motifs is 1. The van der Waals surface area contributed by atoms with Gasteiger partial charge in [0.2, 0.25) is 5.88 Å². The van der Waals surface area contributed by atoms with E-state index in [2.05, 4.69) is 28.7 Å². The van der Waals surface area contributed by atoms with Crippen LogP contribution >= 0.6 is 23.9 Å². The van der Waals surface area contributed by atoms with E-state index in [0.29, 0.717) is 6.61 Å². The molecule has 5 heteroatoms. The zero-order chi connectivity index (χ0) is 11.9. The van der Waals surface area contributed by atoms with Gasteiger partial charge in [0, 0.05) is 6.54 Å². The number of hydrogen-bond acceptors (Lipinski definition) is 4. The van der Waals surface area contributed by atoms with Gasteiger partial charge in [-0.05, 0) is 36.6 Å². The van der Waals surface area contributed by atoms with E-state index in [-0.39, 0.29) is 12.4 Å². The molecule has 0 unspecified atom stereocenters. The smallest absolute Gasteiger partial charge is 0.233 e. The van der Waals surface area contributed by atoms with Crippen molar-refractivity contribution >= 4 is 34.0 Å². The maximum absolute atomic E-state index is 5.68. The van der Waals surface area contributed by atoms with Crippen LogP contribution in [0.4, 0.5) is 0 Å². The Hall–Kier alpha value is -0.840. The number of nitrogens with one attached hydrogen (secondary N) is 1. The van der Waals surface area contributed by atoms with Crippen LogP contribution in [0, 0.1) is 0 Å². The summed E-state index contributed by atoms with van der Waals surface area (Å²) in [4.78, 5) is 0. The van der Waals surface area contributed by atoms with Crippen LogP contribution in [-0.4, -0.2) is 24.1 Å². The molecule has 2 aromatic rings. The fourth-order valence-corrected chi connectivity index (χ4v) is 2.34. The number of halogens is 1. The van der Waals surface area contributed by atoms with Crippen molar-refractivity contribution in [2.75, 3.05) is 19.7 Å². The zero-order valence-electron chi connectivity index (χ0n) is 10.5. The predicted octanol–water partition coefficient (Wildman–Crippen LogP) is 3.49. The summed E-state index contributed by atoms with van der Waals surface area (Å²) in [6, 6.07) is 8.16. The van der Waals surface area contributed by atoms with Gasteiger partial charge >= 0.3 is 0 Å². The quantitative estimate of drug-likeness (QED) is 0.791. The average Bonchev–Trinajstić information content (AvgIpc) is 2.77. The van der Waals surface area contributed by atoms with Gasteiger partial charge in [0.15, 0.2) is 0 Å².